The van der Waals surface area contributed by atoms with Crippen LogP contribution in [0.3, 0.4) is 0 Å². The monoisotopic (exact) mass is 1100 g/mol. The molecule has 3 aliphatic rings. The van der Waals surface area contributed by atoms with E-state index in [1.54, 1.807) is 0 Å². The van der Waals surface area contributed by atoms with Gasteiger partial charge in [-0.25, -0.2) is 0 Å². The Morgan fingerprint density at radius 3 is 1.75 bits per heavy atom. The Bertz CT molecular complexity index is 3520. The van der Waals surface area contributed by atoms with Gasteiger partial charge in [0.05, 0.1) is 60.3 Å². The van der Waals surface area contributed by atoms with Crippen LogP contribution < -0.4 is 32.3 Å². The predicted molar refractivity (Wildman–Crippen MR) is 271 cm³/mol. The Hall–Kier alpha value is -7.77. The zero-order valence-electron chi connectivity index (χ0n) is 39.8. The van der Waals surface area contributed by atoms with Gasteiger partial charge in [-0.2, -0.15) is 40.2 Å². The third kappa shape index (κ3) is 12.7. The van der Waals surface area contributed by atoms with Crippen molar-refractivity contribution < 1.29 is 72.4 Å². The first-order chi connectivity index (χ1) is 36.1. The Morgan fingerprint density at radius 1 is 0.605 bits per heavy atom. The van der Waals surface area contributed by atoms with Gasteiger partial charge in [0.1, 0.15) is 14.7 Å². The first-order valence-corrected chi connectivity index (χ1v) is 27.5. The molecule has 0 spiro atoms. The summed E-state index contributed by atoms with van der Waals surface area (Å²) in [4.78, 5) is 75.7. The molecule has 2 aliphatic carbocycles. The van der Waals surface area contributed by atoms with Crippen LogP contribution in [0.4, 0.5) is 46.3 Å². The number of hydrogen-bond acceptors (Lipinski definition) is 21. The number of ether oxygens (including phenoxy) is 2. The molecule has 29 heteroatoms. The van der Waals surface area contributed by atoms with Crippen molar-refractivity contribution in [1.82, 2.24) is 25.2 Å². The van der Waals surface area contributed by atoms with E-state index in [9.17, 15) is 62.9 Å². The predicted octanol–water partition coefficient (Wildman–Crippen LogP) is 3.49. The van der Waals surface area contributed by atoms with Crippen molar-refractivity contribution in [2.45, 2.75) is 40.4 Å². The lowest BCUT2D eigenvalue weighted by Gasteiger charge is -2.30. The summed E-state index contributed by atoms with van der Waals surface area (Å²) in [7, 11) is -15.0. The van der Waals surface area contributed by atoms with Crippen molar-refractivity contribution in [3.05, 3.63) is 107 Å². The SMILES string of the molecule is Nc1c(S(=O)(=O)O)cc(Nc2ccc(Nc3nc(NCCOCCOCCNC(=O)C4CCC(CN5C(=O)C=CC5=O)CC4)nc(Nc4ccccc4S(=O)(=O)O)n3)c(S(=O)(=O)O)c2)c2c1C(=O)c1ccccc1C2=O. The maximum absolute atomic E-state index is 13.8. The average Bonchev–Trinajstić information content (AvgIpc) is 3.69. The fourth-order valence-electron chi connectivity index (χ4n) is 8.70. The number of ketones is 2. The standard InChI is InChI=1S/C47H48N10O16S3/c48-41-36(76(69,70)71)24-33(39-40(41)43(61)30-6-2-1-5-29(30)42(39)60)51-28-13-14-32(35(23-28)75(66,67)68)53-47-55-45(54-46(56-47)52-31-7-3-4-8-34(31)74(63,64)65)50-18-20-73-22-21-72-19-17-49-44(62)27-11-9-26(10-12-27)25-57-37(58)15-16-38(57)59/h1-8,13-16,23-24,26-27,51H,9-12,17-22,25,48H2,(H,49,62)(H,63,64,65)(H,66,67,68)(H,69,70,71)(H3,50,52,53,54,55,56). The normalized spacial score (nSPS) is 16.5. The summed E-state index contributed by atoms with van der Waals surface area (Å²) in [5, 5.41) is 13.8. The summed E-state index contributed by atoms with van der Waals surface area (Å²) in [6, 6.07) is 14.9. The summed E-state index contributed by atoms with van der Waals surface area (Å²) in [5.41, 5.74) is 3.24. The van der Waals surface area contributed by atoms with Crippen LogP contribution in [0.5, 0.6) is 0 Å². The van der Waals surface area contributed by atoms with Gasteiger partial charge in [0.2, 0.25) is 23.8 Å². The summed E-state index contributed by atoms with van der Waals surface area (Å²) in [5.74, 6) is -3.23. The topological polar surface area (TPSA) is 395 Å². The Kier molecular flexibility index (Phi) is 16.2. The van der Waals surface area contributed by atoms with Crippen molar-refractivity contribution in [1.29, 1.82) is 0 Å². The number of carbonyl (C=O) groups excluding carboxylic acids is 5. The molecule has 0 radical (unpaired) electrons. The molecule has 0 saturated heterocycles. The molecule has 3 amide bonds. The van der Waals surface area contributed by atoms with Gasteiger partial charge in [-0.3, -0.25) is 42.5 Å². The van der Waals surface area contributed by atoms with Crippen LogP contribution in [0.2, 0.25) is 0 Å². The van der Waals surface area contributed by atoms with Crippen LogP contribution in [0.15, 0.2) is 99.6 Å². The lowest BCUT2D eigenvalue weighted by molar-refractivity contribution is -0.138. The van der Waals surface area contributed by atoms with Gasteiger partial charge < -0.3 is 41.8 Å². The van der Waals surface area contributed by atoms with Gasteiger partial charge >= 0.3 is 0 Å². The second kappa shape index (κ2) is 22.6. The quantitative estimate of drug-likeness (QED) is 0.0203. The molecule has 0 atom stereocenters. The lowest BCUT2D eigenvalue weighted by Crippen LogP contribution is -2.39. The molecule has 1 aromatic heterocycles. The fraction of sp³-hybridized carbons (Fsp3) is 0.277. The van der Waals surface area contributed by atoms with E-state index in [1.807, 2.05) is 0 Å². The third-order valence-corrected chi connectivity index (χ3v) is 15.0. The number of nitrogens with two attached hydrogens (primary N) is 1. The minimum Gasteiger partial charge on any atom is -0.397 e. The number of benzene rings is 4. The largest absolute Gasteiger partial charge is 0.397 e. The van der Waals surface area contributed by atoms with Gasteiger partial charge in [-0.05, 0) is 68.0 Å². The molecule has 10 N–H and O–H groups in total. The number of para-hydroxylation sites is 1. The summed E-state index contributed by atoms with van der Waals surface area (Å²) in [6.07, 6.45) is 5.24. The minimum atomic E-state index is -5.16. The smallest absolute Gasteiger partial charge is 0.296 e. The minimum absolute atomic E-state index is 0.0454. The molecule has 0 unspecified atom stereocenters. The van der Waals surface area contributed by atoms with E-state index in [4.69, 9.17) is 15.2 Å². The van der Waals surface area contributed by atoms with Crippen molar-refractivity contribution in [2.75, 3.05) is 73.1 Å². The molecule has 76 heavy (non-hydrogen) atoms. The zero-order chi connectivity index (χ0) is 54.5. The van der Waals surface area contributed by atoms with E-state index < -0.39 is 67.9 Å². The Balaban J connectivity index is 0.917. The number of amides is 3. The molecule has 8 rings (SSSR count). The molecule has 400 valence electrons. The molecule has 2 heterocycles. The van der Waals surface area contributed by atoms with Gasteiger partial charge in [-0.1, -0.05) is 36.4 Å². The molecule has 5 aromatic rings. The second-order valence-corrected chi connectivity index (χ2v) is 21.6. The summed E-state index contributed by atoms with van der Waals surface area (Å²) in [6.45, 7) is 1.28. The highest BCUT2D eigenvalue weighted by atomic mass is 32.2. The first-order valence-electron chi connectivity index (χ1n) is 23.1. The van der Waals surface area contributed by atoms with E-state index in [2.05, 4.69) is 41.5 Å². The van der Waals surface area contributed by atoms with E-state index in [0.717, 1.165) is 37.1 Å². The fourth-order valence-corrected chi connectivity index (χ4v) is 10.7. The molecule has 1 aliphatic heterocycles. The van der Waals surface area contributed by atoms with Gasteiger partial charge in [0.25, 0.3) is 42.2 Å². The van der Waals surface area contributed by atoms with E-state index >= 15 is 0 Å². The lowest BCUT2D eigenvalue weighted by atomic mass is 9.81. The Morgan fingerprint density at radius 2 is 1.14 bits per heavy atom. The maximum Gasteiger partial charge on any atom is 0.296 e. The van der Waals surface area contributed by atoms with Gasteiger partial charge in [0, 0.05) is 54.5 Å². The number of nitrogens with zero attached hydrogens (tertiary/aromatic N) is 4. The number of carbonyl (C=O) groups is 5. The number of fused-ring (bicyclic) bond motifs is 2. The van der Waals surface area contributed by atoms with Crippen LogP contribution in [-0.4, -0.2) is 134 Å². The van der Waals surface area contributed by atoms with Crippen molar-refractivity contribution in [3.8, 4) is 0 Å². The van der Waals surface area contributed by atoms with Crippen LogP contribution in [0.1, 0.15) is 57.5 Å². The molecule has 4 aromatic carbocycles. The van der Waals surface area contributed by atoms with Crippen LogP contribution >= 0.6 is 0 Å². The van der Waals surface area contributed by atoms with Crippen molar-refractivity contribution in [2.24, 2.45) is 11.8 Å². The van der Waals surface area contributed by atoms with Gasteiger partial charge in [0.15, 0.2) is 11.6 Å². The number of rotatable bonds is 22. The number of aromatic nitrogens is 3. The average molecular weight is 1110 g/mol. The van der Waals surface area contributed by atoms with E-state index in [0.29, 0.717) is 19.4 Å². The highest BCUT2D eigenvalue weighted by Crippen LogP contribution is 2.41. The number of nitrogens with one attached hydrogen (secondary N) is 5. The van der Waals surface area contributed by atoms with Crippen LogP contribution in [-0.2, 0) is 54.2 Å². The van der Waals surface area contributed by atoms with Gasteiger partial charge in [-0.15, -0.1) is 0 Å². The van der Waals surface area contributed by atoms with E-state index in [-0.39, 0.29) is 126 Å². The molecular weight excluding hydrogens is 1060 g/mol. The number of hydrogen-bond donors (Lipinski definition) is 9. The van der Waals surface area contributed by atoms with Crippen LogP contribution in [0, 0.1) is 11.8 Å². The Labute approximate surface area is 434 Å². The number of nitrogen functional groups attached to an aromatic ring is 1. The van der Waals surface area contributed by atoms with Crippen molar-refractivity contribution in [3.63, 3.8) is 0 Å². The summed E-state index contributed by atoms with van der Waals surface area (Å²) < 4.78 is 117. The van der Waals surface area contributed by atoms with Crippen LogP contribution in [0.25, 0.3) is 0 Å². The van der Waals surface area contributed by atoms with Crippen molar-refractivity contribution >= 4 is 106 Å². The zero-order valence-corrected chi connectivity index (χ0v) is 42.2. The van der Waals surface area contributed by atoms with E-state index in [1.165, 1.54) is 65.6 Å². The second-order valence-electron chi connectivity index (χ2n) is 17.4. The third-order valence-electron chi connectivity index (χ3n) is 12.3. The number of anilines is 8. The molecule has 0 bridgehead atoms. The molecule has 1 saturated carbocycles. The molecule has 1 fully saturated rings. The number of imide groups is 1. The summed E-state index contributed by atoms with van der Waals surface area (Å²) >= 11 is 0. The molecular formula is C47H48N10O16S3. The highest BCUT2D eigenvalue weighted by Gasteiger charge is 2.37. The first kappa shape index (κ1) is 54.5. The maximum atomic E-state index is 13.8. The highest BCUT2D eigenvalue weighted by molar-refractivity contribution is 7.86. The molecule has 26 nitrogen and oxygen atoms in total.